The molecule has 0 saturated carbocycles. The summed E-state index contributed by atoms with van der Waals surface area (Å²) in [4.78, 5) is 12.7. The molecule has 2 aromatic carbocycles. The lowest BCUT2D eigenvalue weighted by molar-refractivity contribution is 0.0948. The standard InChI is InChI=1S/C19H21N5O3S2/c1-12-8-9-14(29(26,27)23-16-7-5-4-6-13(16)2)10-15(12)18(25)20-11-17-21-22-19(28)24(17)3/h4-10,23H,11H2,1-3H3,(H,20,25)(H,22,28). The van der Waals surface area contributed by atoms with Gasteiger partial charge in [0.15, 0.2) is 10.6 Å². The maximum atomic E-state index is 12.8. The van der Waals surface area contributed by atoms with E-state index in [9.17, 15) is 13.2 Å². The lowest BCUT2D eigenvalue weighted by atomic mass is 10.1. The van der Waals surface area contributed by atoms with Gasteiger partial charge < -0.3 is 9.88 Å². The van der Waals surface area contributed by atoms with E-state index >= 15 is 0 Å². The summed E-state index contributed by atoms with van der Waals surface area (Å²) < 4.78 is 30.3. The highest BCUT2D eigenvalue weighted by atomic mass is 32.2. The number of H-pyrrole nitrogens is 1. The Morgan fingerprint density at radius 3 is 2.55 bits per heavy atom. The molecule has 152 valence electrons. The number of benzene rings is 2. The zero-order valence-corrected chi connectivity index (χ0v) is 17.8. The van der Waals surface area contributed by atoms with Crippen molar-refractivity contribution in [2.24, 2.45) is 7.05 Å². The fourth-order valence-corrected chi connectivity index (χ4v) is 4.00. The number of rotatable bonds is 6. The molecule has 0 aliphatic heterocycles. The summed E-state index contributed by atoms with van der Waals surface area (Å²) in [6.07, 6.45) is 0. The van der Waals surface area contributed by atoms with E-state index in [1.165, 1.54) is 12.1 Å². The predicted octanol–water partition coefficient (Wildman–Crippen LogP) is 2.83. The molecule has 3 N–H and O–H groups in total. The Labute approximate surface area is 174 Å². The fourth-order valence-electron chi connectivity index (χ4n) is 2.70. The van der Waals surface area contributed by atoms with Crippen LogP contribution in [0.1, 0.15) is 27.3 Å². The monoisotopic (exact) mass is 431 g/mol. The van der Waals surface area contributed by atoms with Crippen LogP contribution in [0.3, 0.4) is 0 Å². The van der Waals surface area contributed by atoms with Crippen molar-refractivity contribution in [3.8, 4) is 0 Å². The molecule has 3 rings (SSSR count). The largest absolute Gasteiger partial charge is 0.345 e. The first-order chi connectivity index (χ1) is 13.7. The highest BCUT2D eigenvalue weighted by Crippen LogP contribution is 2.21. The highest BCUT2D eigenvalue weighted by molar-refractivity contribution is 7.92. The number of hydrogen-bond acceptors (Lipinski definition) is 5. The first kappa shape index (κ1) is 20.7. The summed E-state index contributed by atoms with van der Waals surface area (Å²) in [6.45, 7) is 3.71. The van der Waals surface area contributed by atoms with Crippen LogP contribution in [0.2, 0.25) is 0 Å². The lowest BCUT2D eigenvalue weighted by Crippen LogP contribution is -2.25. The number of sulfonamides is 1. The third-order valence-corrected chi connectivity index (χ3v) is 6.26. The number of para-hydroxylation sites is 1. The molecule has 10 heteroatoms. The fraction of sp³-hybridized carbons (Fsp3) is 0.211. The first-order valence-electron chi connectivity index (χ1n) is 8.76. The van der Waals surface area contributed by atoms with Gasteiger partial charge in [-0.1, -0.05) is 24.3 Å². The Balaban J connectivity index is 1.83. The average molecular weight is 432 g/mol. The SMILES string of the molecule is Cc1ccccc1NS(=O)(=O)c1ccc(C)c(C(=O)NCc2n[nH]c(=S)n2C)c1. The molecular weight excluding hydrogens is 410 g/mol. The van der Waals surface area contributed by atoms with Gasteiger partial charge in [0.05, 0.1) is 17.1 Å². The summed E-state index contributed by atoms with van der Waals surface area (Å²) >= 11 is 5.05. The number of amides is 1. The van der Waals surface area contributed by atoms with Crippen LogP contribution < -0.4 is 10.0 Å². The molecule has 0 fully saturated rings. The molecule has 1 heterocycles. The smallest absolute Gasteiger partial charge is 0.261 e. The van der Waals surface area contributed by atoms with Crippen LogP contribution in [0.4, 0.5) is 5.69 Å². The van der Waals surface area contributed by atoms with E-state index in [2.05, 4.69) is 20.2 Å². The van der Waals surface area contributed by atoms with Gasteiger partial charge >= 0.3 is 0 Å². The molecule has 1 amide bonds. The number of aryl methyl sites for hydroxylation is 2. The minimum atomic E-state index is -3.84. The Morgan fingerprint density at radius 1 is 1.17 bits per heavy atom. The zero-order valence-electron chi connectivity index (χ0n) is 16.2. The predicted molar refractivity (Wildman–Crippen MR) is 113 cm³/mol. The summed E-state index contributed by atoms with van der Waals surface area (Å²) in [7, 11) is -2.11. The molecule has 0 aliphatic carbocycles. The van der Waals surface area contributed by atoms with Gasteiger partial charge in [-0.05, 0) is 55.4 Å². The molecule has 0 bridgehead atoms. The van der Waals surface area contributed by atoms with Crippen molar-refractivity contribution < 1.29 is 13.2 Å². The normalized spacial score (nSPS) is 11.3. The van der Waals surface area contributed by atoms with Gasteiger partial charge in [-0.25, -0.2) is 8.42 Å². The molecule has 0 radical (unpaired) electrons. The quantitative estimate of drug-likeness (QED) is 0.520. The number of aromatic nitrogens is 3. The molecule has 0 spiro atoms. The van der Waals surface area contributed by atoms with Crippen molar-refractivity contribution in [2.45, 2.75) is 25.3 Å². The second-order valence-electron chi connectivity index (χ2n) is 6.58. The summed E-state index contributed by atoms with van der Waals surface area (Å²) in [6, 6.07) is 11.5. The molecular formula is C19H21N5O3S2. The molecule has 8 nitrogen and oxygen atoms in total. The molecule has 0 aliphatic rings. The summed E-state index contributed by atoms with van der Waals surface area (Å²) in [5.41, 5.74) is 2.22. The number of carbonyl (C=O) groups is 1. The lowest BCUT2D eigenvalue weighted by Gasteiger charge is -2.13. The maximum Gasteiger partial charge on any atom is 0.261 e. The van der Waals surface area contributed by atoms with Gasteiger partial charge in [-0.2, -0.15) is 5.10 Å². The van der Waals surface area contributed by atoms with Gasteiger partial charge in [0.25, 0.3) is 15.9 Å². The van der Waals surface area contributed by atoms with Gasteiger partial charge in [-0.15, -0.1) is 0 Å². The molecule has 0 saturated heterocycles. The number of carbonyl (C=O) groups excluding carboxylic acids is 1. The Bertz CT molecular complexity index is 1230. The van der Waals surface area contributed by atoms with Crippen LogP contribution in [0, 0.1) is 18.6 Å². The van der Waals surface area contributed by atoms with E-state index < -0.39 is 15.9 Å². The van der Waals surface area contributed by atoms with E-state index in [1.54, 1.807) is 36.7 Å². The Kier molecular flexibility index (Phi) is 5.85. The van der Waals surface area contributed by atoms with Gasteiger partial charge in [-0.3, -0.25) is 14.6 Å². The molecule has 3 aromatic rings. The van der Waals surface area contributed by atoms with Crippen LogP contribution in [-0.2, 0) is 23.6 Å². The van der Waals surface area contributed by atoms with Crippen molar-refractivity contribution in [3.63, 3.8) is 0 Å². The van der Waals surface area contributed by atoms with Crippen molar-refractivity contribution in [3.05, 3.63) is 69.8 Å². The number of nitrogens with one attached hydrogen (secondary N) is 3. The second-order valence-corrected chi connectivity index (χ2v) is 8.65. The first-order valence-corrected chi connectivity index (χ1v) is 10.7. The van der Waals surface area contributed by atoms with Gasteiger partial charge in [0, 0.05) is 12.6 Å². The molecule has 1 aromatic heterocycles. The highest BCUT2D eigenvalue weighted by Gasteiger charge is 2.19. The van der Waals surface area contributed by atoms with E-state index in [4.69, 9.17) is 12.2 Å². The van der Waals surface area contributed by atoms with Crippen molar-refractivity contribution in [2.75, 3.05) is 4.72 Å². The summed E-state index contributed by atoms with van der Waals surface area (Å²) in [5.74, 6) is 0.162. The third-order valence-electron chi connectivity index (χ3n) is 4.53. The summed E-state index contributed by atoms with van der Waals surface area (Å²) in [5, 5.41) is 9.43. The van der Waals surface area contributed by atoms with Crippen LogP contribution in [0.25, 0.3) is 0 Å². The number of anilines is 1. The van der Waals surface area contributed by atoms with E-state index in [1.807, 2.05) is 19.1 Å². The molecule has 0 atom stereocenters. The number of nitrogens with zero attached hydrogens (tertiary/aromatic N) is 2. The van der Waals surface area contributed by atoms with Crippen LogP contribution >= 0.6 is 12.2 Å². The van der Waals surface area contributed by atoms with Crippen LogP contribution in [0.5, 0.6) is 0 Å². The van der Waals surface area contributed by atoms with Crippen molar-refractivity contribution >= 4 is 33.8 Å². The van der Waals surface area contributed by atoms with Crippen LogP contribution in [0.15, 0.2) is 47.4 Å². The van der Waals surface area contributed by atoms with Crippen molar-refractivity contribution in [1.82, 2.24) is 20.1 Å². The van der Waals surface area contributed by atoms with E-state index in [0.29, 0.717) is 21.8 Å². The second kappa shape index (κ2) is 8.18. The van der Waals surface area contributed by atoms with E-state index in [0.717, 1.165) is 5.56 Å². The Hall–Kier alpha value is -2.98. The molecule has 29 heavy (non-hydrogen) atoms. The molecule has 0 unspecified atom stereocenters. The van der Waals surface area contributed by atoms with Crippen LogP contribution in [-0.4, -0.2) is 29.1 Å². The van der Waals surface area contributed by atoms with Gasteiger partial charge in [0.1, 0.15) is 0 Å². The van der Waals surface area contributed by atoms with Gasteiger partial charge in [0.2, 0.25) is 0 Å². The number of aromatic amines is 1. The topological polar surface area (TPSA) is 109 Å². The number of hydrogen-bond donors (Lipinski definition) is 3. The van der Waals surface area contributed by atoms with E-state index in [-0.39, 0.29) is 17.0 Å². The maximum absolute atomic E-state index is 12.8. The van der Waals surface area contributed by atoms with Crippen molar-refractivity contribution in [1.29, 1.82) is 0 Å². The average Bonchev–Trinajstić information content (AvgIpc) is 3.00. The minimum absolute atomic E-state index is 0.00896. The third kappa shape index (κ3) is 4.54. The zero-order chi connectivity index (χ0) is 21.2. The minimum Gasteiger partial charge on any atom is -0.345 e. The Morgan fingerprint density at radius 2 is 1.90 bits per heavy atom.